The van der Waals surface area contributed by atoms with Gasteiger partial charge in [0.15, 0.2) is 0 Å². The molecule has 0 aliphatic carbocycles. The van der Waals surface area contributed by atoms with Gasteiger partial charge in [0.2, 0.25) is 0 Å². The fraction of sp³-hybridized carbons (Fsp3) is 0.600. The highest BCUT2D eigenvalue weighted by atomic mass is 79.9. The van der Waals surface area contributed by atoms with E-state index < -0.39 is 0 Å². The average Bonchev–Trinajstić information content (AvgIpc) is 2.26. The molecule has 0 amide bonds. The maximum atomic E-state index is 5.48. The maximum Gasteiger partial charge on any atom is 0.0540 e. The largest absolute Gasteiger partial charge is 0.381 e. The number of benzene rings is 1. The zero-order valence-corrected chi connectivity index (χ0v) is 12.7. The first-order valence-electron chi connectivity index (χ1n) is 6.69. The molecule has 2 nitrogen and oxygen atoms in total. The zero-order valence-electron chi connectivity index (χ0n) is 11.1. The van der Waals surface area contributed by atoms with Crippen molar-refractivity contribution in [2.24, 2.45) is 5.41 Å². The molecule has 1 aromatic carbocycles. The Bertz CT molecular complexity index is 435. The van der Waals surface area contributed by atoms with Crippen molar-refractivity contribution in [1.29, 1.82) is 0 Å². The second kappa shape index (κ2) is 4.53. The lowest BCUT2D eigenvalue weighted by Gasteiger charge is -2.54. The third-order valence-corrected chi connectivity index (χ3v) is 4.93. The number of halogens is 1. The smallest absolute Gasteiger partial charge is 0.0540 e. The first-order valence-corrected chi connectivity index (χ1v) is 7.48. The van der Waals surface area contributed by atoms with Crippen molar-refractivity contribution in [3.05, 3.63) is 27.7 Å². The van der Waals surface area contributed by atoms with Gasteiger partial charge in [-0.2, -0.15) is 0 Å². The summed E-state index contributed by atoms with van der Waals surface area (Å²) < 4.78 is 6.71. The summed E-state index contributed by atoms with van der Waals surface area (Å²) in [7, 11) is 0. The third kappa shape index (κ3) is 2.08. The van der Waals surface area contributed by atoms with E-state index >= 15 is 0 Å². The van der Waals surface area contributed by atoms with E-state index in [-0.39, 0.29) is 0 Å². The summed E-state index contributed by atoms with van der Waals surface area (Å²) in [5.41, 5.74) is 4.63. The van der Waals surface area contributed by atoms with Crippen LogP contribution < -0.4 is 4.90 Å². The fourth-order valence-electron chi connectivity index (χ4n) is 3.35. The number of rotatable bonds is 1. The normalized spacial score (nSPS) is 22.1. The molecule has 1 aromatic rings. The monoisotopic (exact) mass is 309 g/mol. The van der Waals surface area contributed by atoms with Gasteiger partial charge in [-0.05, 0) is 59.8 Å². The maximum absolute atomic E-state index is 5.48. The molecule has 2 heterocycles. The summed E-state index contributed by atoms with van der Waals surface area (Å²) in [5, 5.41) is 0. The molecule has 2 aliphatic rings. The van der Waals surface area contributed by atoms with Crippen LogP contribution in [0.4, 0.5) is 5.69 Å². The van der Waals surface area contributed by atoms with Crippen molar-refractivity contribution >= 4 is 21.6 Å². The Hall–Kier alpha value is -0.540. The molecule has 98 valence electrons. The first kappa shape index (κ1) is 12.5. The van der Waals surface area contributed by atoms with Crippen molar-refractivity contribution in [3.63, 3.8) is 0 Å². The molecule has 3 rings (SSSR count). The summed E-state index contributed by atoms with van der Waals surface area (Å²) in [6.45, 7) is 8.64. The Balaban J connectivity index is 1.78. The van der Waals surface area contributed by atoms with Gasteiger partial charge in [-0.15, -0.1) is 0 Å². The molecule has 2 fully saturated rings. The number of ether oxygens (including phenoxy) is 1. The van der Waals surface area contributed by atoms with Crippen LogP contribution in [0.2, 0.25) is 0 Å². The lowest BCUT2D eigenvalue weighted by molar-refractivity contribution is -0.000266. The first-order chi connectivity index (χ1) is 8.60. The van der Waals surface area contributed by atoms with Gasteiger partial charge in [0, 0.05) is 36.2 Å². The number of hydrogen-bond donors (Lipinski definition) is 0. The fourth-order valence-corrected chi connectivity index (χ4v) is 4.28. The van der Waals surface area contributed by atoms with Gasteiger partial charge in [0.25, 0.3) is 0 Å². The van der Waals surface area contributed by atoms with Gasteiger partial charge in [-0.25, -0.2) is 0 Å². The van der Waals surface area contributed by atoms with Gasteiger partial charge in [-0.3, -0.25) is 0 Å². The Kier molecular flexibility index (Phi) is 3.15. The van der Waals surface area contributed by atoms with E-state index in [9.17, 15) is 0 Å². The summed E-state index contributed by atoms with van der Waals surface area (Å²) in [6, 6.07) is 4.49. The van der Waals surface area contributed by atoms with Crippen LogP contribution in [-0.4, -0.2) is 26.3 Å². The minimum absolute atomic E-state index is 0.537. The predicted octanol–water partition coefficient (Wildman–Crippen LogP) is 3.68. The standard InChI is InChI=1S/C15H20BrNO/c1-11-7-12(2)14(13(16)8-11)17-9-15(10-17)3-5-18-6-4-15/h7-8H,3-6,9-10H2,1-2H3. The summed E-state index contributed by atoms with van der Waals surface area (Å²) in [5.74, 6) is 0. The van der Waals surface area contributed by atoms with Crippen LogP contribution in [0.5, 0.6) is 0 Å². The van der Waals surface area contributed by atoms with Crippen molar-refractivity contribution in [2.75, 3.05) is 31.2 Å². The molecular weight excluding hydrogens is 290 g/mol. The second-order valence-electron chi connectivity index (χ2n) is 5.88. The van der Waals surface area contributed by atoms with Crippen molar-refractivity contribution in [1.82, 2.24) is 0 Å². The summed E-state index contributed by atoms with van der Waals surface area (Å²) >= 11 is 3.72. The molecule has 0 unspecified atom stereocenters. The van der Waals surface area contributed by atoms with Crippen LogP contribution in [0.3, 0.4) is 0 Å². The van der Waals surface area contributed by atoms with Gasteiger partial charge in [-0.1, -0.05) is 6.07 Å². The van der Waals surface area contributed by atoms with Gasteiger partial charge >= 0.3 is 0 Å². The van der Waals surface area contributed by atoms with E-state index in [2.05, 4.69) is 46.8 Å². The zero-order chi connectivity index (χ0) is 12.8. The highest BCUT2D eigenvalue weighted by Gasteiger charge is 2.44. The van der Waals surface area contributed by atoms with Gasteiger partial charge in [0.1, 0.15) is 0 Å². The quantitative estimate of drug-likeness (QED) is 0.784. The average molecular weight is 310 g/mol. The molecular formula is C15H20BrNO. The molecule has 0 N–H and O–H groups in total. The van der Waals surface area contributed by atoms with E-state index in [1.807, 2.05) is 0 Å². The van der Waals surface area contributed by atoms with Crippen molar-refractivity contribution in [2.45, 2.75) is 26.7 Å². The lowest BCUT2D eigenvalue weighted by Crippen LogP contribution is -2.58. The van der Waals surface area contributed by atoms with Crippen molar-refractivity contribution in [3.8, 4) is 0 Å². The molecule has 0 atom stereocenters. The highest BCUT2D eigenvalue weighted by molar-refractivity contribution is 9.10. The summed E-state index contributed by atoms with van der Waals surface area (Å²) in [6.07, 6.45) is 2.46. The number of hydrogen-bond acceptors (Lipinski definition) is 2. The lowest BCUT2D eigenvalue weighted by atomic mass is 9.73. The van der Waals surface area contributed by atoms with Crippen LogP contribution in [-0.2, 0) is 4.74 Å². The van der Waals surface area contributed by atoms with Crippen LogP contribution >= 0.6 is 15.9 Å². The van der Waals surface area contributed by atoms with E-state index in [4.69, 9.17) is 4.74 Å². The van der Waals surface area contributed by atoms with Crippen molar-refractivity contribution < 1.29 is 4.74 Å². The Morgan fingerprint density at radius 3 is 2.44 bits per heavy atom. The molecule has 2 aliphatic heterocycles. The van der Waals surface area contributed by atoms with Gasteiger partial charge in [0.05, 0.1) is 5.69 Å². The summed E-state index contributed by atoms with van der Waals surface area (Å²) in [4.78, 5) is 2.52. The molecule has 18 heavy (non-hydrogen) atoms. The topological polar surface area (TPSA) is 12.5 Å². The van der Waals surface area contributed by atoms with E-state index in [1.54, 1.807) is 0 Å². The second-order valence-corrected chi connectivity index (χ2v) is 6.74. The molecule has 0 bridgehead atoms. The number of anilines is 1. The highest BCUT2D eigenvalue weighted by Crippen LogP contribution is 2.45. The van der Waals surface area contributed by atoms with Crippen LogP contribution in [0, 0.1) is 19.3 Å². The number of nitrogens with zero attached hydrogens (tertiary/aromatic N) is 1. The van der Waals surface area contributed by atoms with E-state index in [0.29, 0.717) is 5.41 Å². The molecule has 0 saturated carbocycles. The molecule has 2 saturated heterocycles. The van der Waals surface area contributed by atoms with E-state index in [0.717, 1.165) is 13.2 Å². The minimum atomic E-state index is 0.537. The molecule has 3 heteroatoms. The van der Waals surface area contributed by atoms with Crippen LogP contribution in [0.1, 0.15) is 24.0 Å². The Morgan fingerprint density at radius 2 is 1.83 bits per heavy atom. The van der Waals surface area contributed by atoms with E-state index in [1.165, 1.54) is 47.2 Å². The predicted molar refractivity (Wildman–Crippen MR) is 78.3 cm³/mol. The van der Waals surface area contributed by atoms with Crippen LogP contribution in [0.25, 0.3) is 0 Å². The Morgan fingerprint density at radius 1 is 1.17 bits per heavy atom. The third-order valence-electron chi connectivity index (χ3n) is 4.32. The van der Waals surface area contributed by atoms with Gasteiger partial charge < -0.3 is 9.64 Å². The Labute approximate surface area is 117 Å². The number of aryl methyl sites for hydroxylation is 2. The minimum Gasteiger partial charge on any atom is -0.381 e. The molecule has 0 radical (unpaired) electrons. The SMILES string of the molecule is Cc1cc(C)c(N2CC3(CCOCC3)C2)c(Br)c1. The molecule has 0 aromatic heterocycles. The van der Waals surface area contributed by atoms with Crippen LogP contribution in [0.15, 0.2) is 16.6 Å². The molecule has 1 spiro atoms.